The van der Waals surface area contributed by atoms with Crippen molar-refractivity contribution in [3.05, 3.63) is 59.2 Å². The maximum absolute atomic E-state index is 5.93. The first-order chi connectivity index (χ1) is 10.1. The van der Waals surface area contributed by atoms with Crippen LogP contribution in [0.3, 0.4) is 0 Å². The number of hydrogen-bond donors (Lipinski definition) is 1. The van der Waals surface area contributed by atoms with Crippen LogP contribution in [0, 0.1) is 6.92 Å². The van der Waals surface area contributed by atoms with E-state index in [1.807, 2.05) is 13.8 Å². The van der Waals surface area contributed by atoms with E-state index in [0.717, 1.165) is 36.5 Å². The number of nitrogens with zero attached hydrogens (tertiary/aromatic N) is 2. The lowest BCUT2D eigenvalue weighted by Gasteiger charge is -2.41. The van der Waals surface area contributed by atoms with Gasteiger partial charge in [-0.15, -0.1) is 0 Å². The summed E-state index contributed by atoms with van der Waals surface area (Å²) in [5.41, 5.74) is 9.39. The highest BCUT2D eigenvalue weighted by molar-refractivity contribution is 5.36. The molecule has 3 nitrogen and oxygen atoms in total. The van der Waals surface area contributed by atoms with Crippen molar-refractivity contribution in [2.24, 2.45) is 5.73 Å². The van der Waals surface area contributed by atoms with Gasteiger partial charge < -0.3 is 5.73 Å². The van der Waals surface area contributed by atoms with Gasteiger partial charge in [-0.25, -0.2) is 9.97 Å². The van der Waals surface area contributed by atoms with Crippen LogP contribution in [-0.4, -0.2) is 16.0 Å². The summed E-state index contributed by atoms with van der Waals surface area (Å²) >= 11 is 0. The highest BCUT2D eigenvalue weighted by Crippen LogP contribution is 2.47. The van der Waals surface area contributed by atoms with E-state index in [2.05, 4.69) is 36.4 Å². The average Bonchev–Trinajstić information content (AvgIpc) is 2.37. The molecule has 1 aromatic heterocycles. The molecule has 1 aliphatic carbocycles. The Balaban J connectivity index is 2.03. The lowest BCUT2D eigenvalue weighted by molar-refractivity contribution is 0.284. The highest BCUT2D eigenvalue weighted by Gasteiger charge is 2.43. The summed E-state index contributed by atoms with van der Waals surface area (Å²) in [6.07, 6.45) is 4.33. The van der Waals surface area contributed by atoms with Crippen molar-refractivity contribution < 1.29 is 0 Å². The van der Waals surface area contributed by atoms with Crippen molar-refractivity contribution in [1.82, 2.24) is 9.97 Å². The van der Waals surface area contributed by atoms with Gasteiger partial charge in [-0.05, 0) is 38.3 Å². The maximum Gasteiger partial charge on any atom is 0.139 e. The van der Waals surface area contributed by atoms with Crippen molar-refractivity contribution in [2.45, 2.75) is 51.0 Å². The normalized spacial score (nSPS) is 18.0. The third-order valence-corrected chi connectivity index (χ3v) is 4.40. The fourth-order valence-corrected chi connectivity index (χ4v) is 3.21. The molecular weight excluding hydrogens is 258 g/mol. The number of aromatic nitrogens is 2. The topological polar surface area (TPSA) is 51.8 Å². The van der Waals surface area contributed by atoms with Crippen LogP contribution < -0.4 is 5.73 Å². The predicted molar refractivity (Wildman–Crippen MR) is 85.2 cm³/mol. The van der Waals surface area contributed by atoms with Crippen LogP contribution in [-0.2, 0) is 11.8 Å². The molecule has 1 saturated carbocycles. The van der Waals surface area contributed by atoms with Crippen LogP contribution >= 0.6 is 0 Å². The Bertz CT molecular complexity index is 616. The van der Waals surface area contributed by atoms with Crippen molar-refractivity contribution in [3.63, 3.8) is 0 Å². The Kier molecular flexibility index (Phi) is 3.77. The number of rotatable bonds is 4. The Hall–Kier alpha value is -1.74. The van der Waals surface area contributed by atoms with Crippen LogP contribution in [0.1, 0.15) is 49.0 Å². The van der Waals surface area contributed by atoms with E-state index in [-0.39, 0.29) is 11.5 Å². The number of nitrogens with two attached hydrogens (primary N) is 1. The quantitative estimate of drug-likeness (QED) is 0.936. The van der Waals surface area contributed by atoms with E-state index >= 15 is 0 Å². The summed E-state index contributed by atoms with van der Waals surface area (Å²) in [6.45, 7) is 4.07. The van der Waals surface area contributed by atoms with Crippen LogP contribution in [0.5, 0.6) is 0 Å². The lowest BCUT2D eigenvalue weighted by Crippen LogP contribution is -2.38. The Morgan fingerprint density at radius 1 is 1.19 bits per heavy atom. The van der Waals surface area contributed by atoms with Gasteiger partial charge in [0, 0.05) is 23.9 Å². The molecule has 0 spiro atoms. The fraction of sp³-hybridized carbons (Fsp3) is 0.444. The van der Waals surface area contributed by atoms with Crippen LogP contribution in [0.2, 0.25) is 0 Å². The summed E-state index contributed by atoms with van der Waals surface area (Å²) in [7, 11) is 0. The zero-order valence-corrected chi connectivity index (χ0v) is 12.8. The van der Waals surface area contributed by atoms with Gasteiger partial charge in [-0.1, -0.05) is 36.8 Å². The van der Waals surface area contributed by atoms with Gasteiger partial charge in [0.05, 0.1) is 5.41 Å². The Morgan fingerprint density at radius 3 is 2.48 bits per heavy atom. The zero-order valence-electron chi connectivity index (χ0n) is 12.8. The first kappa shape index (κ1) is 14.2. The van der Waals surface area contributed by atoms with Gasteiger partial charge >= 0.3 is 0 Å². The molecule has 0 bridgehead atoms. The van der Waals surface area contributed by atoms with Crippen LogP contribution in [0.4, 0.5) is 0 Å². The molecule has 1 fully saturated rings. The van der Waals surface area contributed by atoms with Crippen LogP contribution in [0.25, 0.3) is 0 Å². The van der Waals surface area contributed by atoms with Gasteiger partial charge in [-0.3, -0.25) is 0 Å². The van der Waals surface area contributed by atoms with E-state index in [1.165, 1.54) is 12.0 Å². The van der Waals surface area contributed by atoms with E-state index in [1.54, 1.807) is 0 Å². The molecule has 3 heteroatoms. The molecule has 2 aromatic rings. The minimum atomic E-state index is 0.0138. The average molecular weight is 281 g/mol. The molecule has 21 heavy (non-hydrogen) atoms. The molecule has 1 atom stereocenters. The van der Waals surface area contributed by atoms with E-state index in [4.69, 9.17) is 15.7 Å². The van der Waals surface area contributed by atoms with Crippen molar-refractivity contribution in [3.8, 4) is 0 Å². The lowest BCUT2D eigenvalue weighted by atomic mass is 9.64. The summed E-state index contributed by atoms with van der Waals surface area (Å²) in [4.78, 5) is 9.61. The maximum atomic E-state index is 5.93. The second kappa shape index (κ2) is 5.57. The molecule has 0 aliphatic heterocycles. The molecule has 3 rings (SSSR count). The molecule has 0 amide bonds. The first-order valence-electron chi connectivity index (χ1n) is 7.76. The van der Waals surface area contributed by atoms with E-state index < -0.39 is 0 Å². The fourth-order valence-electron chi connectivity index (χ4n) is 3.21. The Labute approximate surface area is 126 Å². The van der Waals surface area contributed by atoms with Crippen molar-refractivity contribution in [1.29, 1.82) is 0 Å². The summed E-state index contributed by atoms with van der Waals surface area (Å²) in [6, 6.07) is 12.9. The number of benzene rings is 1. The molecule has 1 aromatic carbocycles. The molecule has 2 N–H and O–H groups in total. The summed E-state index contributed by atoms with van der Waals surface area (Å²) in [5, 5.41) is 0. The predicted octanol–water partition coefficient (Wildman–Crippen LogP) is 3.14. The largest absolute Gasteiger partial charge is 0.328 e. The van der Waals surface area contributed by atoms with Gasteiger partial charge in [0.25, 0.3) is 0 Å². The SMILES string of the molecule is Cc1cc(CC(C)N)nc(C2(c3ccccc3)CCC2)n1. The standard InChI is InChI=1S/C18H23N3/c1-13(19)11-16-12-14(2)20-17(21-16)18(9-6-10-18)15-7-4-3-5-8-15/h3-5,7-8,12-13H,6,9-11,19H2,1-2H3. The third-order valence-electron chi connectivity index (χ3n) is 4.40. The van der Waals surface area contributed by atoms with E-state index in [9.17, 15) is 0 Å². The van der Waals surface area contributed by atoms with Crippen LogP contribution in [0.15, 0.2) is 36.4 Å². The minimum Gasteiger partial charge on any atom is -0.328 e. The highest BCUT2D eigenvalue weighted by atomic mass is 14.9. The first-order valence-corrected chi connectivity index (χ1v) is 7.76. The van der Waals surface area contributed by atoms with Gasteiger partial charge in [0.15, 0.2) is 0 Å². The molecule has 0 radical (unpaired) electrons. The molecule has 1 heterocycles. The molecule has 1 unspecified atom stereocenters. The third kappa shape index (κ3) is 2.70. The molecule has 0 saturated heterocycles. The van der Waals surface area contributed by atoms with Gasteiger partial charge in [0.2, 0.25) is 0 Å². The zero-order chi connectivity index (χ0) is 14.9. The molecule has 110 valence electrons. The van der Waals surface area contributed by atoms with Crippen molar-refractivity contribution >= 4 is 0 Å². The summed E-state index contributed by atoms with van der Waals surface area (Å²) < 4.78 is 0. The van der Waals surface area contributed by atoms with Gasteiger partial charge in [0.1, 0.15) is 5.82 Å². The smallest absolute Gasteiger partial charge is 0.139 e. The minimum absolute atomic E-state index is 0.0138. The second-order valence-corrected chi connectivity index (χ2v) is 6.31. The van der Waals surface area contributed by atoms with E-state index in [0.29, 0.717) is 0 Å². The number of hydrogen-bond acceptors (Lipinski definition) is 3. The molecular formula is C18H23N3. The molecule has 1 aliphatic rings. The number of aryl methyl sites for hydroxylation is 1. The van der Waals surface area contributed by atoms with Crippen molar-refractivity contribution in [2.75, 3.05) is 0 Å². The van der Waals surface area contributed by atoms with Gasteiger partial charge in [-0.2, -0.15) is 0 Å². The second-order valence-electron chi connectivity index (χ2n) is 6.31. The monoisotopic (exact) mass is 281 g/mol. The summed E-state index contributed by atoms with van der Waals surface area (Å²) in [5.74, 6) is 0.982. The Morgan fingerprint density at radius 2 is 1.90 bits per heavy atom.